The summed E-state index contributed by atoms with van der Waals surface area (Å²) in [5.41, 5.74) is 6.12. The van der Waals surface area contributed by atoms with Crippen LogP contribution in [-0.4, -0.2) is 31.4 Å². The molecule has 0 radical (unpaired) electrons. The second kappa shape index (κ2) is 14.0. The fourth-order valence-corrected chi connectivity index (χ4v) is 4.75. The van der Waals surface area contributed by atoms with Crippen molar-refractivity contribution in [3.05, 3.63) is 156 Å². The first kappa shape index (κ1) is 29.2. The Morgan fingerprint density at radius 2 is 0.667 bits per heavy atom. The van der Waals surface area contributed by atoms with E-state index in [1.54, 1.807) is 0 Å². The Bertz CT molecular complexity index is 1630. The number of aliphatic imine (C=N–C) groups is 2. The van der Waals surface area contributed by atoms with Crippen LogP contribution < -0.4 is 10.6 Å². The van der Waals surface area contributed by atoms with Gasteiger partial charge in [0.05, 0.1) is 11.4 Å². The van der Waals surface area contributed by atoms with Crippen LogP contribution in [0.25, 0.3) is 11.4 Å². The third kappa shape index (κ3) is 7.48. The lowest BCUT2D eigenvalue weighted by Gasteiger charge is -2.16. The highest BCUT2D eigenvalue weighted by Crippen LogP contribution is 2.18. The lowest BCUT2D eigenvalue weighted by molar-refractivity contribution is 1.33. The van der Waals surface area contributed by atoms with Crippen LogP contribution in [0.3, 0.4) is 0 Å². The number of nitrogens with zero attached hydrogens (tertiary/aromatic N) is 2. The average molecular weight is 617 g/mol. The quantitative estimate of drug-likeness (QED) is 0.231. The molecule has 0 unspecified atom stereocenters. The smallest absolute Gasteiger partial charge is 0.161 e. The molecule has 0 bridgehead atoms. The van der Waals surface area contributed by atoms with E-state index in [1.165, 1.54) is 0 Å². The Balaban J connectivity index is 1.70. The maximum absolute atomic E-state index is 5.80. The van der Waals surface area contributed by atoms with Crippen LogP contribution in [0.1, 0.15) is 22.3 Å². The first-order valence-corrected chi connectivity index (χ1v) is 14.6. The van der Waals surface area contributed by atoms with Crippen molar-refractivity contribution in [1.29, 1.82) is 0 Å². The van der Waals surface area contributed by atoms with Crippen LogP contribution in [0, 0.1) is 0 Å². The summed E-state index contributed by atoms with van der Waals surface area (Å²) in [4.78, 5) is 10.8. The highest BCUT2D eigenvalue weighted by Gasteiger charge is 2.16. The Labute approximate surface area is 266 Å². The van der Waals surface area contributed by atoms with Crippen molar-refractivity contribution in [2.45, 2.75) is 0 Å². The molecule has 2 N–H and O–H groups in total. The van der Waals surface area contributed by atoms with E-state index in [2.05, 4.69) is 10.6 Å². The second-order valence-corrected chi connectivity index (χ2v) is 10.7. The van der Waals surface area contributed by atoms with Crippen LogP contribution in [0.5, 0.6) is 0 Å². The lowest BCUT2D eigenvalue weighted by Crippen LogP contribution is -2.29. The van der Waals surface area contributed by atoms with E-state index in [0.29, 0.717) is 32.8 Å². The third-order valence-electron chi connectivity index (χ3n) is 6.20. The van der Waals surface area contributed by atoms with Crippen LogP contribution >= 0.6 is 48.9 Å². The Morgan fingerprint density at radius 3 is 0.976 bits per heavy atom. The van der Waals surface area contributed by atoms with E-state index in [-0.39, 0.29) is 9.98 Å². The molecule has 0 fully saturated rings. The van der Waals surface area contributed by atoms with Gasteiger partial charge in [0.2, 0.25) is 0 Å². The van der Waals surface area contributed by atoms with Gasteiger partial charge in [0, 0.05) is 22.5 Å². The largest absolute Gasteiger partial charge is 0.344 e. The Morgan fingerprint density at radius 1 is 0.381 bits per heavy atom. The molecule has 1 heterocycles. The maximum Gasteiger partial charge on any atom is 0.161 e. The molecule has 1 aliphatic rings. The van der Waals surface area contributed by atoms with E-state index >= 15 is 0 Å². The van der Waals surface area contributed by atoms with Gasteiger partial charge in [-0.05, 0) is 23.3 Å². The standard InChI is InChI=1S/C34H24N4S4/c39-31-32(40)37-29(25-17-9-3-10-18-25)22-30(26-19-11-4-12-20-26)38-34(42)33(41)36-28(24-15-7-2-8-16-24)21-27(35-31)23-13-5-1-6-14-23/h1-22H,(H,35,39)(H,38,42)/b27-21-,30-22-,36-28?,37-29?. The molecule has 8 heteroatoms. The number of hydrogen-bond acceptors (Lipinski definition) is 4. The molecule has 42 heavy (non-hydrogen) atoms. The zero-order chi connectivity index (χ0) is 29.3. The van der Waals surface area contributed by atoms with Gasteiger partial charge in [0.25, 0.3) is 0 Å². The molecule has 0 atom stereocenters. The number of hydrogen-bond donors (Lipinski definition) is 2. The van der Waals surface area contributed by atoms with Gasteiger partial charge in [0.1, 0.15) is 9.98 Å². The van der Waals surface area contributed by atoms with Crippen molar-refractivity contribution in [2.75, 3.05) is 0 Å². The van der Waals surface area contributed by atoms with Crippen molar-refractivity contribution in [3.63, 3.8) is 0 Å². The zero-order valence-electron chi connectivity index (χ0n) is 22.2. The molecule has 0 aromatic heterocycles. The summed E-state index contributed by atoms with van der Waals surface area (Å²) >= 11 is 23.1. The Hall–Kier alpha value is -4.34. The monoisotopic (exact) mass is 616 g/mol. The molecule has 0 saturated carbocycles. The lowest BCUT2D eigenvalue weighted by atomic mass is 10.0. The number of thiocarbonyl (C=S) groups is 4. The highest BCUT2D eigenvalue weighted by atomic mass is 32.1. The summed E-state index contributed by atoms with van der Waals surface area (Å²) in [6.45, 7) is 0. The molecule has 4 aromatic rings. The summed E-state index contributed by atoms with van der Waals surface area (Å²) in [5.74, 6) is 0. The van der Waals surface area contributed by atoms with E-state index in [4.69, 9.17) is 58.9 Å². The third-order valence-corrected chi connectivity index (χ3v) is 7.64. The molecule has 204 valence electrons. The number of rotatable bonds is 4. The number of allylic oxidation sites excluding steroid dienone is 2. The predicted molar refractivity (Wildman–Crippen MR) is 191 cm³/mol. The number of benzene rings is 4. The molecular formula is C34H24N4S4. The minimum absolute atomic E-state index is 0.239. The molecular weight excluding hydrogens is 593 g/mol. The molecule has 0 saturated heterocycles. The molecule has 1 aliphatic heterocycles. The van der Waals surface area contributed by atoms with Crippen LogP contribution in [-0.2, 0) is 0 Å². The van der Waals surface area contributed by atoms with Gasteiger partial charge >= 0.3 is 0 Å². The van der Waals surface area contributed by atoms with Crippen LogP contribution in [0.2, 0.25) is 0 Å². The zero-order valence-corrected chi connectivity index (χ0v) is 25.5. The summed E-state index contributed by atoms with van der Waals surface area (Å²) < 4.78 is 0. The van der Waals surface area contributed by atoms with Gasteiger partial charge in [-0.2, -0.15) is 0 Å². The molecule has 4 nitrogen and oxygen atoms in total. The van der Waals surface area contributed by atoms with E-state index < -0.39 is 0 Å². The topological polar surface area (TPSA) is 48.8 Å². The summed E-state index contributed by atoms with van der Waals surface area (Å²) in [7, 11) is 0. The minimum atomic E-state index is 0.239. The van der Waals surface area contributed by atoms with Crippen LogP contribution in [0.15, 0.2) is 143 Å². The minimum Gasteiger partial charge on any atom is -0.344 e. The number of nitrogens with one attached hydrogen (secondary N) is 2. The first-order valence-electron chi connectivity index (χ1n) is 13.0. The van der Waals surface area contributed by atoms with Crippen LogP contribution in [0.4, 0.5) is 0 Å². The van der Waals surface area contributed by atoms with Gasteiger partial charge in [0.15, 0.2) is 9.98 Å². The summed E-state index contributed by atoms with van der Waals surface area (Å²) in [5, 5.41) is 6.66. The molecule has 0 aliphatic carbocycles. The van der Waals surface area contributed by atoms with Gasteiger partial charge in [-0.25, -0.2) is 9.98 Å². The normalized spacial score (nSPS) is 17.3. The fraction of sp³-hybridized carbons (Fsp3) is 0. The van der Waals surface area contributed by atoms with Crippen molar-refractivity contribution in [3.8, 4) is 0 Å². The highest BCUT2D eigenvalue weighted by molar-refractivity contribution is 7.89. The fourth-order valence-electron chi connectivity index (χ4n) is 4.14. The predicted octanol–water partition coefficient (Wildman–Crippen LogP) is 7.55. The van der Waals surface area contributed by atoms with Gasteiger partial charge < -0.3 is 10.6 Å². The van der Waals surface area contributed by atoms with Crippen molar-refractivity contribution >= 4 is 91.6 Å². The SMILES string of the molecule is S=C1N=C(c2ccccc2)/C=C(/c2ccccc2)NC(=S)C(=S)N=C(c2ccccc2)/C=C(/c2ccccc2)NC1=S. The van der Waals surface area contributed by atoms with Crippen molar-refractivity contribution in [2.24, 2.45) is 9.98 Å². The van der Waals surface area contributed by atoms with Gasteiger partial charge in [-0.3, -0.25) is 0 Å². The summed E-state index contributed by atoms with van der Waals surface area (Å²) in [6, 6.07) is 39.2. The maximum atomic E-state index is 5.80. The van der Waals surface area contributed by atoms with E-state index in [1.807, 2.05) is 133 Å². The van der Waals surface area contributed by atoms with E-state index in [0.717, 1.165) is 22.3 Å². The average Bonchev–Trinajstić information content (AvgIpc) is 3.04. The molecule has 5 rings (SSSR count). The second-order valence-electron chi connectivity index (χ2n) is 9.09. The molecule has 4 aromatic carbocycles. The van der Waals surface area contributed by atoms with E-state index in [9.17, 15) is 0 Å². The van der Waals surface area contributed by atoms with Gasteiger partial charge in [-0.1, -0.05) is 170 Å². The van der Waals surface area contributed by atoms with Crippen molar-refractivity contribution < 1.29 is 0 Å². The first-order chi connectivity index (χ1) is 20.5. The Kier molecular flexibility index (Phi) is 9.74. The van der Waals surface area contributed by atoms with Gasteiger partial charge in [-0.15, -0.1) is 0 Å². The molecule has 0 spiro atoms. The molecule has 0 amide bonds. The summed E-state index contributed by atoms with van der Waals surface area (Å²) in [6.07, 6.45) is 3.80. The van der Waals surface area contributed by atoms with Crippen molar-refractivity contribution in [1.82, 2.24) is 10.6 Å².